The second-order valence-electron chi connectivity index (χ2n) is 6.53. The Morgan fingerprint density at radius 2 is 1.00 bits per heavy atom. The number of carbonyl (C=O) groups is 4. The third-order valence-corrected chi connectivity index (χ3v) is 4.53. The first-order valence-electron chi connectivity index (χ1n) is 8.99. The van der Waals surface area contributed by atoms with Crippen molar-refractivity contribution in [2.24, 2.45) is 0 Å². The lowest BCUT2D eigenvalue weighted by molar-refractivity contribution is -0.148. The number of para-hydroxylation sites is 2. The normalized spacial score (nSPS) is 10.4. The molecule has 8 nitrogen and oxygen atoms in total. The first-order valence-corrected chi connectivity index (χ1v) is 8.99. The molecule has 0 atom stereocenters. The summed E-state index contributed by atoms with van der Waals surface area (Å²) in [7, 11) is 0. The quantitative estimate of drug-likeness (QED) is 0.363. The van der Waals surface area contributed by atoms with E-state index in [0.717, 1.165) is 32.9 Å². The molecule has 0 spiro atoms. The van der Waals surface area contributed by atoms with Gasteiger partial charge >= 0.3 is 11.9 Å². The minimum absolute atomic E-state index is 0.0701. The lowest BCUT2D eigenvalue weighted by Crippen LogP contribution is -2.14. The fourth-order valence-electron chi connectivity index (χ4n) is 3.05. The zero-order valence-electron chi connectivity index (χ0n) is 15.7. The third-order valence-electron chi connectivity index (χ3n) is 4.53. The summed E-state index contributed by atoms with van der Waals surface area (Å²) in [6.07, 6.45) is 3.20. The average molecular weight is 406 g/mol. The van der Waals surface area contributed by atoms with Crippen LogP contribution in [0.2, 0.25) is 0 Å². The molecule has 4 aromatic rings. The van der Waals surface area contributed by atoms with Crippen LogP contribution in [-0.4, -0.2) is 43.7 Å². The summed E-state index contributed by atoms with van der Waals surface area (Å²) in [6, 6.07) is 14.9. The zero-order chi connectivity index (χ0) is 21.7. The Labute approximate surface area is 170 Å². The highest BCUT2D eigenvalue weighted by atomic mass is 16.4. The summed E-state index contributed by atoms with van der Waals surface area (Å²) >= 11 is 0. The molecule has 4 rings (SSSR count). The number of rotatable bonds is 6. The molecular formula is C22H18N2O6. The number of nitrogens with one attached hydrogen (secondary N) is 2. The Kier molecular flexibility index (Phi) is 6.07. The van der Waals surface area contributed by atoms with Crippen LogP contribution in [0.25, 0.3) is 21.8 Å². The Hall–Kier alpha value is -4.20. The summed E-state index contributed by atoms with van der Waals surface area (Å²) in [4.78, 5) is 48.9. The number of hydrogen-bond acceptors (Lipinski definition) is 4. The largest absolute Gasteiger partial charge is 0.475 e. The van der Waals surface area contributed by atoms with E-state index in [0.29, 0.717) is 0 Å². The Morgan fingerprint density at radius 3 is 1.37 bits per heavy atom. The van der Waals surface area contributed by atoms with Gasteiger partial charge in [-0.15, -0.1) is 0 Å². The second kappa shape index (κ2) is 8.87. The van der Waals surface area contributed by atoms with Gasteiger partial charge in [0.2, 0.25) is 11.6 Å². The Balaban J connectivity index is 0.000000171. The molecule has 2 aromatic heterocycles. The minimum atomic E-state index is -1.39. The molecule has 152 valence electrons. The fourth-order valence-corrected chi connectivity index (χ4v) is 3.05. The van der Waals surface area contributed by atoms with Crippen molar-refractivity contribution in [2.75, 3.05) is 0 Å². The highest BCUT2D eigenvalue weighted by Crippen LogP contribution is 2.19. The van der Waals surface area contributed by atoms with Crippen molar-refractivity contribution in [3.63, 3.8) is 0 Å². The van der Waals surface area contributed by atoms with Crippen LogP contribution >= 0.6 is 0 Å². The molecule has 0 amide bonds. The van der Waals surface area contributed by atoms with Crippen molar-refractivity contribution in [3.05, 3.63) is 72.1 Å². The van der Waals surface area contributed by atoms with Crippen LogP contribution in [-0.2, 0) is 32.0 Å². The van der Waals surface area contributed by atoms with E-state index in [-0.39, 0.29) is 12.8 Å². The van der Waals surface area contributed by atoms with E-state index in [2.05, 4.69) is 9.97 Å². The van der Waals surface area contributed by atoms with Crippen molar-refractivity contribution in [2.45, 2.75) is 12.8 Å². The van der Waals surface area contributed by atoms with Gasteiger partial charge in [-0.1, -0.05) is 36.4 Å². The van der Waals surface area contributed by atoms with Gasteiger partial charge in [0.05, 0.1) is 0 Å². The molecule has 4 N–H and O–H groups in total. The number of aromatic nitrogens is 2. The van der Waals surface area contributed by atoms with Crippen LogP contribution in [0.3, 0.4) is 0 Å². The predicted molar refractivity (Wildman–Crippen MR) is 109 cm³/mol. The zero-order valence-corrected chi connectivity index (χ0v) is 15.7. The van der Waals surface area contributed by atoms with E-state index < -0.39 is 23.5 Å². The van der Waals surface area contributed by atoms with E-state index in [1.165, 1.54) is 0 Å². The second-order valence-corrected chi connectivity index (χ2v) is 6.53. The third kappa shape index (κ3) is 4.61. The number of benzene rings is 2. The Bertz CT molecular complexity index is 1150. The first kappa shape index (κ1) is 20.5. The summed E-state index contributed by atoms with van der Waals surface area (Å²) in [5.74, 6) is -4.36. The number of H-pyrrole nitrogens is 2. The maximum Gasteiger partial charge on any atom is 0.372 e. The van der Waals surface area contributed by atoms with Crippen LogP contribution < -0.4 is 0 Å². The van der Waals surface area contributed by atoms with Gasteiger partial charge in [-0.2, -0.15) is 0 Å². The van der Waals surface area contributed by atoms with Crippen LogP contribution in [0.5, 0.6) is 0 Å². The Morgan fingerprint density at radius 1 is 0.633 bits per heavy atom. The van der Waals surface area contributed by atoms with Gasteiger partial charge in [0.1, 0.15) is 0 Å². The van der Waals surface area contributed by atoms with Crippen molar-refractivity contribution < 1.29 is 29.4 Å². The van der Waals surface area contributed by atoms with Gasteiger partial charge in [-0.3, -0.25) is 9.59 Å². The van der Waals surface area contributed by atoms with Gasteiger partial charge in [0.15, 0.2) is 0 Å². The number of carboxylic acids is 2. The highest BCUT2D eigenvalue weighted by Gasteiger charge is 2.15. The van der Waals surface area contributed by atoms with Crippen molar-refractivity contribution >= 4 is 45.3 Å². The molecule has 8 heteroatoms. The number of ketones is 2. The fraction of sp³-hybridized carbons (Fsp3) is 0.0909. The standard InChI is InChI=1S/2C11H9NO3/c2*13-10(11(14)15)5-7-6-12-9-4-2-1-3-8(7)9/h2*1-4,6,12H,5H2,(H,14,15). The number of aliphatic carboxylic acids is 2. The van der Waals surface area contributed by atoms with E-state index in [4.69, 9.17) is 10.2 Å². The molecular weight excluding hydrogens is 388 g/mol. The van der Waals surface area contributed by atoms with Gasteiger partial charge < -0.3 is 20.2 Å². The summed E-state index contributed by atoms with van der Waals surface area (Å²) in [5, 5.41) is 18.8. The van der Waals surface area contributed by atoms with Crippen molar-refractivity contribution in [1.82, 2.24) is 9.97 Å². The molecule has 0 radical (unpaired) electrons. The number of carboxylic acid groups (broad SMARTS) is 2. The number of carbonyl (C=O) groups excluding carboxylic acids is 2. The van der Waals surface area contributed by atoms with E-state index in [1.807, 2.05) is 48.5 Å². The molecule has 0 unspecified atom stereocenters. The molecule has 0 aliphatic heterocycles. The lowest BCUT2D eigenvalue weighted by atomic mass is 10.1. The van der Waals surface area contributed by atoms with E-state index in [1.54, 1.807) is 12.4 Å². The first-order chi connectivity index (χ1) is 14.4. The summed E-state index contributed by atoms with van der Waals surface area (Å²) in [5.41, 5.74) is 3.26. The van der Waals surface area contributed by atoms with Crippen molar-refractivity contribution in [3.8, 4) is 0 Å². The van der Waals surface area contributed by atoms with Crippen LogP contribution in [0, 0.1) is 0 Å². The molecule has 0 bridgehead atoms. The van der Waals surface area contributed by atoms with Gasteiger partial charge in [-0.05, 0) is 23.3 Å². The van der Waals surface area contributed by atoms with Crippen LogP contribution in [0.4, 0.5) is 0 Å². The topological polar surface area (TPSA) is 140 Å². The van der Waals surface area contributed by atoms with Crippen LogP contribution in [0.15, 0.2) is 60.9 Å². The molecule has 30 heavy (non-hydrogen) atoms. The monoisotopic (exact) mass is 406 g/mol. The summed E-state index contributed by atoms with van der Waals surface area (Å²) < 4.78 is 0. The van der Waals surface area contributed by atoms with Gasteiger partial charge in [0.25, 0.3) is 0 Å². The van der Waals surface area contributed by atoms with Gasteiger partial charge in [0, 0.05) is 47.0 Å². The molecule has 0 fully saturated rings. The maximum absolute atomic E-state index is 11.0. The maximum atomic E-state index is 11.0. The van der Waals surface area contributed by atoms with Crippen LogP contribution in [0.1, 0.15) is 11.1 Å². The average Bonchev–Trinajstić information content (AvgIpc) is 3.33. The SMILES string of the molecule is O=C(O)C(=O)Cc1c[nH]c2ccccc12.O=C(O)C(=O)Cc1c[nH]c2ccccc12. The predicted octanol–water partition coefficient (Wildman–Crippen LogP) is 2.73. The van der Waals surface area contributed by atoms with Crippen molar-refractivity contribution in [1.29, 1.82) is 0 Å². The number of aromatic amines is 2. The lowest BCUT2D eigenvalue weighted by Gasteiger charge is -1.94. The van der Waals surface area contributed by atoms with Gasteiger partial charge in [-0.25, -0.2) is 9.59 Å². The highest BCUT2D eigenvalue weighted by molar-refractivity contribution is 6.33. The number of Topliss-reactive ketones (excluding diaryl/α,β-unsaturated/α-hetero) is 2. The minimum Gasteiger partial charge on any atom is -0.475 e. The molecule has 2 aromatic carbocycles. The molecule has 2 heterocycles. The number of fused-ring (bicyclic) bond motifs is 2. The summed E-state index contributed by atoms with van der Waals surface area (Å²) in [6.45, 7) is 0. The smallest absolute Gasteiger partial charge is 0.372 e. The molecule has 0 aliphatic carbocycles. The number of hydrogen-bond donors (Lipinski definition) is 4. The van der Waals surface area contributed by atoms with E-state index in [9.17, 15) is 19.2 Å². The molecule has 0 saturated carbocycles. The molecule has 0 saturated heterocycles. The molecule has 0 aliphatic rings. The van der Waals surface area contributed by atoms with E-state index >= 15 is 0 Å².